The second-order valence-electron chi connectivity index (χ2n) is 8.50. The van der Waals surface area contributed by atoms with E-state index in [0.29, 0.717) is 11.8 Å². The van der Waals surface area contributed by atoms with E-state index in [1.54, 1.807) is 6.33 Å². The Hall–Kier alpha value is -2.66. The first kappa shape index (κ1) is 19.3. The number of piperidine rings is 1. The van der Waals surface area contributed by atoms with Crippen LogP contribution < -0.4 is 4.90 Å². The van der Waals surface area contributed by atoms with Gasteiger partial charge in [-0.1, -0.05) is 60.1 Å². The molecule has 0 bridgehead atoms. The van der Waals surface area contributed by atoms with Gasteiger partial charge in [-0.25, -0.2) is 9.97 Å². The number of rotatable bonds is 3. The number of benzene rings is 2. The van der Waals surface area contributed by atoms with Crippen molar-refractivity contribution in [2.24, 2.45) is 11.8 Å². The molecule has 0 aliphatic carbocycles. The zero-order valence-corrected chi connectivity index (χ0v) is 18.9. The Morgan fingerprint density at radius 3 is 2.30 bits per heavy atom. The van der Waals surface area contributed by atoms with Crippen LogP contribution in [0, 0.1) is 11.8 Å². The summed E-state index contributed by atoms with van der Waals surface area (Å²) in [5.41, 5.74) is 4.41. The molecule has 0 spiro atoms. The summed E-state index contributed by atoms with van der Waals surface area (Å²) in [5, 5.41) is 1.13. The van der Waals surface area contributed by atoms with Crippen LogP contribution in [0.3, 0.4) is 0 Å². The summed E-state index contributed by atoms with van der Waals surface area (Å²) in [6.45, 7) is 6.75. The van der Waals surface area contributed by atoms with Crippen LogP contribution >= 0.6 is 15.9 Å². The minimum absolute atomic E-state index is 0.660. The third-order valence-electron chi connectivity index (χ3n) is 5.92. The van der Waals surface area contributed by atoms with Crippen molar-refractivity contribution in [3.63, 3.8) is 0 Å². The lowest BCUT2D eigenvalue weighted by atomic mass is 9.91. The van der Waals surface area contributed by atoms with Gasteiger partial charge in [0.05, 0.1) is 5.39 Å². The largest absolute Gasteiger partial charge is 0.355 e. The molecule has 3 heterocycles. The van der Waals surface area contributed by atoms with Crippen LogP contribution in [0.5, 0.6) is 0 Å². The minimum Gasteiger partial charge on any atom is -0.355 e. The fourth-order valence-corrected chi connectivity index (χ4v) is 5.02. The van der Waals surface area contributed by atoms with Crippen LogP contribution in [0.2, 0.25) is 0 Å². The molecule has 1 fully saturated rings. The predicted octanol–water partition coefficient (Wildman–Crippen LogP) is 6.33. The number of fused-ring (bicyclic) bond motifs is 1. The lowest BCUT2D eigenvalue weighted by Gasteiger charge is -2.36. The molecule has 5 rings (SSSR count). The molecule has 5 heteroatoms. The maximum atomic E-state index is 4.80. The van der Waals surface area contributed by atoms with Crippen molar-refractivity contribution in [1.29, 1.82) is 0 Å². The van der Waals surface area contributed by atoms with Crippen LogP contribution in [-0.4, -0.2) is 27.6 Å². The molecule has 0 radical (unpaired) electrons. The SMILES string of the molecule is C[C@@H]1C[C@@H](C)CN(c2ncnc3c2c(-c2ccccc2)cn3-c2ccc(Br)cc2)C1. The molecule has 2 aromatic heterocycles. The van der Waals surface area contributed by atoms with Crippen LogP contribution in [0.4, 0.5) is 5.82 Å². The summed E-state index contributed by atoms with van der Waals surface area (Å²) in [6, 6.07) is 18.9. The number of hydrogen-bond donors (Lipinski definition) is 0. The molecular weight excluding hydrogens is 436 g/mol. The number of nitrogens with zero attached hydrogens (tertiary/aromatic N) is 4. The van der Waals surface area contributed by atoms with E-state index < -0.39 is 0 Å². The molecule has 1 saturated heterocycles. The normalized spacial score (nSPS) is 19.4. The molecule has 2 aromatic carbocycles. The van der Waals surface area contributed by atoms with Gasteiger partial charge < -0.3 is 9.47 Å². The maximum Gasteiger partial charge on any atom is 0.150 e. The van der Waals surface area contributed by atoms with E-state index >= 15 is 0 Å². The van der Waals surface area contributed by atoms with Crippen molar-refractivity contribution in [1.82, 2.24) is 14.5 Å². The van der Waals surface area contributed by atoms with E-state index in [0.717, 1.165) is 40.1 Å². The fraction of sp³-hybridized carbons (Fsp3) is 0.280. The zero-order chi connectivity index (χ0) is 20.7. The number of aromatic nitrogens is 3. The molecule has 1 aliphatic heterocycles. The molecule has 30 heavy (non-hydrogen) atoms. The first-order valence-corrected chi connectivity index (χ1v) is 11.3. The Labute approximate surface area is 185 Å². The van der Waals surface area contributed by atoms with E-state index in [1.807, 2.05) is 0 Å². The van der Waals surface area contributed by atoms with E-state index in [-0.39, 0.29) is 0 Å². The smallest absolute Gasteiger partial charge is 0.150 e. The van der Waals surface area contributed by atoms with Gasteiger partial charge in [-0.15, -0.1) is 0 Å². The molecule has 0 N–H and O–H groups in total. The van der Waals surface area contributed by atoms with E-state index in [4.69, 9.17) is 9.97 Å². The van der Waals surface area contributed by atoms with Crippen LogP contribution in [0.1, 0.15) is 20.3 Å². The summed E-state index contributed by atoms with van der Waals surface area (Å²) in [7, 11) is 0. The lowest BCUT2D eigenvalue weighted by Crippen LogP contribution is -2.39. The molecule has 0 amide bonds. The highest BCUT2D eigenvalue weighted by Crippen LogP contribution is 2.38. The summed E-state index contributed by atoms with van der Waals surface area (Å²) < 4.78 is 3.25. The van der Waals surface area contributed by atoms with E-state index in [2.05, 4.69) is 100 Å². The fourth-order valence-electron chi connectivity index (χ4n) is 4.76. The van der Waals surface area contributed by atoms with Crippen molar-refractivity contribution in [3.8, 4) is 16.8 Å². The van der Waals surface area contributed by atoms with Gasteiger partial charge in [0.25, 0.3) is 0 Å². The summed E-state index contributed by atoms with van der Waals surface area (Å²) in [5.74, 6) is 2.37. The highest BCUT2D eigenvalue weighted by molar-refractivity contribution is 9.10. The Kier molecular flexibility index (Phi) is 5.07. The maximum absolute atomic E-state index is 4.80. The molecule has 4 nitrogen and oxygen atoms in total. The van der Waals surface area contributed by atoms with Crippen molar-refractivity contribution in [2.75, 3.05) is 18.0 Å². The number of hydrogen-bond acceptors (Lipinski definition) is 3. The number of anilines is 1. The Bertz CT molecular complexity index is 1160. The second kappa shape index (κ2) is 7.88. The molecule has 152 valence electrons. The van der Waals surface area contributed by atoms with Gasteiger partial charge in [-0.2, -0.15) is 0 Å². The summed E-state index contributed by atoms with van der Waals surface area (Å²) in [4.78, 5) is 12.0. The first-order valence-electron chi connectivity index (χ1n) is 10.5. The Morgan fingerprint density at radius 1 is 0.900 bits per heavy atom. The molecule has 2 atom stereocenters. The van der Waals surface area contributed by atoms with Gasteiger partial charge >= 0.3 is 0 Å². The lowest BCUT2D eigenvalue weighted by molar-refractivity contribution is 0.356. The summed E-state index contributed by atoms with van der Waals surface area (Å²) in [6.07, 6.45) is 5.19. The molecule has 1 aliphatic rings. The quantitative estimate of drug-likeness (QED) is 0.358. The van der Waals surface area contributed by atoms with Crippen LogP contribution in [0.15, 0.2) is 71.6 Å². The van der Waals surface area contributed by atoms with Gasteiger partial charge in [-0.05, 0) is 48.1 Å². The third kappa shape index (κ3) is 3.52. The zero-order valence-electron chi connectivity index (χ0n) is 17.3. The minimum atomic E-state index is 0.660. The summed E-state index contributed by atoms with van der Waals surface area (Å²) >= 11 is 3.54. The van der Waals surface area contributed by atoms with Crippen molar-refractivity contribution < 1.29 is 0 Å². The van der Waals surface area contributed by atoms with Crippen LogP contribution in [-0.2, 0) is 0 Å². The van der Waals surface area contributed by atoms with Gasteiger partial charge in [0.15, 0.2) is 5.65 Å². The first-order chi connectivity index (χ1) is 14.6. The van der Waals surface area contributed by atoms with Crippen molar-refractivity contribution in [2.45, 2.75) is 20.3 Å². The standard InChI is InChI=1S/C25H25BrN4/c1-17-12-18(2)14-29(13-17)24-23-22(19-6-4-3-5-7-19)15-30(25(23)28-16-27-24)21-10-8-20(26)9-11-21/h3-11,15-18H,12-14H2,1-2H3/t17-,18-/m1/s1. The van der Waals surface area contributed by atoms with E-state index in [1.165, 1.54) is 17.5 Å². The average Bonchev–Trinajstić information content (AvgIpc) is 3.14. The van der Waals surface area contributed by atoms with Gasteiger partial charge in [0, 0.05) is 35.0 Å². The van der Waals surface area contributed by atoms with Gasteiger partial charge in [0.2, 0.25) is 0 Å². The molecule has 4 aromatic rings. The van der Waals surface area contributed by atoms with Gasteiger partial charge in [-0.3, -0.25) is 0 Å². The number of halogens is 1. The molecule has 0 unspecified atom stereocenters. The van der Waals surface area contributed by atoms with Crippen molar-refractivity contribution in [3.05, 3.63) is 71.6 Å². The molecular formula is C25H25BrN4. The predicted molar refractivity (Wildman–Crippen MR) is 127 cm³/mol. The van der Waals surface area contributed by atoms with Crippen LogP contribution in [0.25, 0.3) is 27.8 Å². The highest BCUT2D eigenvalue weighted by atomic mass is 79.9. The average molecular weight is 461 g/mol. The Morgan fingerprint density at radius 2 is 1.60 bits per heavy atom. The molecule has 0 saturated carbocycles. The third-order valence-corrected chi connectivity index (χ3v) is 6.45. The van der Waals surface area contributed by atoms with Crippen molar-refractivity contribution >= 4 is 32.8 Å². The monoisotopic (exact) mass is 460 g/mol. The topological polar surface area (TPSA) is 34.0 Å². The second-order valence-corrected chi connectivity index (χ2v) is 9.42. The highest BCUT2D eigenvalue weighted by Gasteiger charge is 2.26. The van der Waals surface area contributed by atoms with Gasteiger partial charge in [0.1, 0.15) is 12.1 Å². The Balaban J connectivity index is 1.75. The van der Waals surface area contributed by atoms with E-state index in [9.17, 15) is 0 Å².